The number of rotatable bonds is 4. The molecule has 0 bridgehead atoms. The minimum absolute atomic E-state index is 0.501. The molecule has 0 radical (unpaired) electrons. The second kappa shape index (κ2) is 4.15. The zero-order valence-electron chi connectivity index (χ0n) is 8.70. The molecule has 3 heteroatoms. The predicted octanol–water partition coefficient (Wildman–Crippen LogP) is 1.72. The van der Waals surface area contributed by atoms with Gasteiger partial charge in [0.15, 0.2) is 0 Å². The SMILES string of the molecule is CN(Cc1ccoc1CN)C1CCC1. The van der Waals surface area contributed by atoms with E-state index < -0.39 is 0 Å². The first-order valence-electron chi connectivity index (χ1n) is 5.27. The molecule has 1 fully saturated rings. The normalized spacial score (nSPS) is 17.4. The van der Waals surface area contributed by atoms with Crippen LogP contribution in [-0.2, 0) is 13.1 Å². The molecule has 1 aromatic rings. The smallest absolute Gasteiger partial charge is 0.121 e. The van der Waals surface area contributed by atoms with Crippen molar-refractivity contribution in [2.75, 3.05) is 7.05 Å². The van der Waals surface area contributed by atoms with E-state index in [1.807, 2.05) is 6.07 Å². The molecule has 0 spiro atoms. The summed E-state index contributed by atoms with van der Waals surface area (Å²) in [4.78, 5) is 2.40. The summed E-state index contributed by atoms with van der Waals surface area (Å²) in [7, 11) is 2.18. The molecule has 0 aromatic carbocycles. The van der Waals surface area contributed by atoms with Crippen molar-refractivity contribution in [3.63, 3.8) is 0 Å². The number of nitrogens with zero attached hydrogens (tertiary/aromatic N) is 1. The Bertz CT molecular complexity index is 291. The number of nitrogens with two attached hydrogens (primary N) is 1. The first-order valence-corrected chi connectivity index (χ1v) is 5.27. The third-order valence-corrected chi connectivity index (χ3v) is 3.14. The number of hydrogen-bond acceptors (Lipinski definition) is 3. The summed E-state index contributed by atoms with van der Waals surface area (Å²) < 4.78 is 5.29. The molecular formula is C11H18N2O. The highest BCUT2D eigenvalue weighted by molar-refractivity contribution is 5.16. The third-order valence-electron chi connectivity index (χ3n) is 3.14. The van der Waals surface area contributed by atoms with Crippen molar-refractivity contribution in [1.29, 1.82) is 0 Å². The van der Waals surface area contributed by atoms with E-state index >= 15 is 0 Å². The first-order chi connectivity index (χ1) is 6.81. The zero-order valence-corrected chi connectivity index (χ0v) is 8.70. The largest absolute Gasteiger partial charge is 0.468 e. The first kappa shape index (κ1) is 9.74. The van der Waals surface area contributed by atoms with Crippen LogP contribution < -0.4 is 5.73 Å². The Morgan fingerprint density at radius 2 is 2.36 bits per heavy atom. The van der Waals surface area contributed by atoms with Crippen LogP contribution >= 0.6 is 0 Å². The van der Waals surface area contributed by atoms with Crippen molar-refractivity contribution >= 4 is 0 Å². The molecule has 1 heterocycles. The van der Waals surface area contributed by atoms with Gasteiger partial charge in [0.1, 0.15) is 5.76 Å². The highest BCUT2D eigenvalue weighted by Gasteiger charge is 2.22. The molecule has 1 saturated carbocycles. The van der Waals surface area contributed by atoms with Gasteiger partial charge < -0.3 is 10.2 Å². The minimum atomic E-state index is 0.501. The summed E-state index contributed by atoms with van der Waals surface area (Å²) >= 11 is 0. The van der Waals surface area contributed by atoms with Gasteiger partial charge in [-0.25, -0.2) is 0 Å². The van der Waals surface area contributed by atoms with Gasteiger partial charge in [-0.3, -0.25) is 4.90 Å². The topological polar surface area (TPSA) is 42.4 Å². The molecule has 0 amide bonds. The molecule has 3 nitrogen and oxygen atoms in total. The van der Waals surface area contributed by atoms with Gasteiger partial charge in [0.2, 0.25) is 0 Å². The van der Waals surface area contributed by atoms with Crippen LogP contribution in [0.5, 0.6) is 0 Å². The van der Waals surface area contributed by atoms with Crippen LogP contribution in [0.3, 0.4) is 0 Å². The highest BCUT2D eigenvalue weighted by atomic mass is 16.3. The Balaban J connectivity index is 1.95. The maximum atomic E-state index is 5.58. The monoisotopic (exact) mass is 194 g/mol. The van der Waals surface area contributed by atoms with Gasteiger partial charge in [0.05, 0.1) is 12.8 Å². The van der Waals surface area contributed by atoms with Crippen molar-refractivity contribution in [2.24, 2.45) is 5.73 Å². The Hall–Kier alpha value is -0.800. The summed E-state index contributed by atoms with van der Waals surface area (Å²) in [6.07, 6.45) is 5.79. The van der Waals surface area contributed by atoms with E-state index in [0.717, 1.165) is 18.3 Å². The van der Waals surface area contributed by atoms with Crippen LogP contribution in [0.15, 0.2) is 16.7 Å². The standard InChI is InChI=1S/C11H18N2O/c1-13(10-3-2-4-10)8-9-5-6-14-11(9)7-12/h5-6,10H,2-4,7-8,12H2,1H3. The maximum absolute atomic E-state index is 5.58. The van der Waals surface area contributed by atoms with Crippen LogP contribution in [-0.4, -0.2) is 18.0 Å². The molecule has 14 heavy (non-hydrogen) atoms. The van der Waals surface area contributed by atoms with Gasteiger partial charge in [-0.2, -0.15) is 0 Å². The van der Waals surface area contributed by atoms with Crippen LogP contribution in [0.2, 0.25) is 0 Å². The highest BCUT2D eigenvalue weighted by Crippen LogP contribution is 2.25. The Morgan fingerprint density at radius 3 is 2.93 bits per heavy atom. The van der Waals surface area contributed by atoms with E-state index in [2.05, 4.69) is 11.9 Å². The average molecular weight is 194 g/mol. The molecule has 0 saturated heterocycles. The van der Waals surface area contributed by atoms with Gasteiger partial charge in [-0.05, 0) is 26.0 Å². The second-order valence-electron chi connectivity index (χ2n) is 4.07. The molecule has 0 aliphatic heterocycles. The van der Waals surface area contributed by atoms with E-state index in [-0.39, 0.29) is 0 Å². The fourth-order valence-corrected chi connectivity index (χ4v) is 1.91. The van der Waals surface area contributed by atoms with Crippen LogP contribution in [0, 0.1) is 0 Å². The van der Waals surface area contributed by atoms with Crippen molar-refractivity contribution in [2.45, 2.75) is 38.4 Å². The molecule has 0 unspecified atom stereocenters. The predicted molar refractivity (Wildman–Crippen MR) is 55.7 cm³/mol. The Labute approximate surface area is 84.9 Å². The van der Waals surface area contributed by atoms with E-state index in [9.17, 15) is 0 Å². The molecule has 2 rings (SSSR count). The number of hydrogen-bond donors (Lipinski definition) is 1. The fourth-order valence-electron chi connectivity index (χ4n) is 1.91. The molecule has 0 atom stereocenters. The Kier molecular flexibility index (Phi) is 2.89. The lowest BCUT2D eigenvalue weighted by atomic mass is 9.91. The molecule has 1 aromatic heterocycles. The molecule has 78 valence electrons. The molecule has 1 aliphatic carbocycles. The quantitative estimate of drug-likeness (QED) is 0.793. The van der Waals surface area contributed by atoms with Crippen molar-refractivity contribution in [3.05, 3.63) is 23.7 Å². The molecule has 1 aliphatic rings. The van der Waals surface area contributed by atoms with Gasteiger partial charge in [-0.1, -0.05) is 6.42 Å². The van der Waals surface area contributed by atoms with Crippen LogP contribution in [0.25, 0.3) is 0 Å². The van der Waals surface area contributed by atoms with Gasteiger partial charge in [0.25, 0.3) is 0 Å². The average Bonchev–Trinajstić information content (AvgIpc) is 2.48. The Morgan fingerprint density at radius 1 is 1.57 bits per heavy atom. The van der Waals surface area contributed by atoms with E-state index in [0.29, 0.717) is 6.54 Å². The van der Waals surface area contributed by atoms with Crippen molar-refractivity contribution < 1.29 is 4.42 Å². The van der Waals surface area contributed by atoms with E-state index in [1.165, 1.54) is 24.8 Å². The maximum Gasteiger partial charge on any atom is 0.121 e. The summed E-state index contributed by atoms with van der Waals surface area (Å²) in [5.41, 5.74) is 6.82. The zero-order chi connectivity index (χ0) is 9.97. The lowest BCUT2D eigenvalue weighted by Crippen LogP contribution is -2.36. The van der Waals surface area contributed by atoms with Gasteiger partial charge in [-0.15, -0.1) is 0 Å². The van der Waals surface area contributed by atoms with E-state index in [1.54, 1.807) is 6.26 Å². The molecular weight excluding hydrogens is 176 g/mol. The minimum Gasteiger partial charge on any atom is -0.468 e. The fraction of sp³-hybridized carbons (Fsp3) is 0.636. The van der Waals surface area contributed by atoms with Crippen LogP contribution in [0.1, 0.15) is 30.6 Å². The van der Waals surface area contributed by atoms with Gasteiger partial charge in [0, 0.05) is 18.2 Å². The summed E-state index contributed by atoms with van der Waals surface area (Å²) in [5, 5.41) is 0. The lowest BCUT2D eigenvalue weighted by Gasteiger charge is -2.34. The van der Waals surface area contributed by atoms with Crippen molar-refractivity contribution in [1.82, 2.24) is 4.90 Å². The third kappa shape index (κ3) is 1.83. The second-order valence-corrected chi connectivity index (χ2v) is 4.07. The molecule has 2 N–H and O–H groups in total. The summed E-state index contributed by atoms with van der Waals surface area (Å²) in [6.45, 7) is 1.47. The number of furan rings is 1. The van der Waals surface area contributed by atoms with Crippen LogP contribution in [0.4, 0.5) is 0 Å². The summed E-state index contributed by atoms with van der Waals surface area (Å²) in [6, 6.07) is 2.80. The van der Waals surface area contributed by atoms with Gasteiger partial charge >= 0.3 is 0 Å². The van der Waals surface area contributed by atoms with E-state index in [4.69, 9.17) is 10.2 Å². The summed E-state index contributed by atoms with van der Waals surface area (Å²) in [5.74, 6) is 0.927. The lowest BCUT2D eigenvalue weighted by molar-refractivity contribution is 0.152. The van der Waals surface area contributed by atoms with Crippen molar-refractivity contribution in [3.8, 4) is 0 Å².